The van der Waals surface area contributed by atoms with E-state index in [9.17, 15) is 9.59 Å². The lowest BCUT2D eigenvalue weighted by molar-refractivity contribution is -0.0465. The number of aromatic nitrogens is 2. The van der Waals surface area contributed by atoms with Crippen molar-refractivity contribution in [2.24, 2.45) is 0 Å². The zero-order valence-electron chi connectivity index (χ0n) is 21.8. The van der Waals surface area contributed by atoms with Gasteiger partial charge in [0.1, 0.15) is 10.6 Å². The molecule has 1 saturated heterocycles. The molecule has 1 amide bonds. The predicted octanol–water partition coefficient (Wildman–Crippen LogP) is 4.58. The molecule has 10 nitrogen and oxygen atoms in total. The Labute approximate surface area is 226 Å². The lowest BCUT2D eigenvalue weighted by Gasteiger charge is -2.23. The van der Waals surface area contributed by atoms with Crippen molar-refractivity contribution in [3.63, 3.8) is 0 Å². The first-order chi connectivity index (χ1) is 18.2. The summed E-state index contributed by atoms with van der Waals surface area (Å²) in [5, 5.41) is 15.2. The maximum Gasteiger partial charge on any atom is 0.509 e. The van der Waals surface area contributed by atoms with Gasteiger partial charge in [0.05, 0.1) is 6.54 Å². The lowest BCUT2D eigenvalue weighted by Crippen LogP contribution is -2.36. The van der Waals surface area contributed by atoms with Gasteiger partial charge in [0.25, 0.3) is 0 Å². The molecule has 2 atom stereocenters. The van der Waals surface area contributed by atoms with E-state index >= 15 is 0 Å². The summed E-state index contributed by atoms with van der Waals surface area (Å²) in [7, 11) is 0. The number of nitrogens with zero attached hydrogens (tertiary/aromatic N) is 3. The third-order valence-electron chi connectivity index (χ3n) is 5.53. The Morgan fingerprint density at radius 1 is 0.921 bits per heavy atom. The molecule has 4 rings (SSSR count). The van der Waals surface area contributed by atoms with Crippen LogP contribution in [0.2, 0.25) is 0 Å². The fourth-order valence-corrected chi connectivity index (χ4v) is 4.70. The zero-order chi connectivity index (χ0) is 27.0. The summed E-state index contributed by atoms with van der Waals surface area (Å²) < 4.78 is 16.0. The van der Waals surface area contributed by atoms with Crippen molar-refractivity contribution >= 4 is 28.7 Å². The molecule has 3 aromatic rings. The molecule has 202 valence electrons. The molecule has 1 fully saturated rings. The van der Waals surface area contributed by atoms with E-state index in [1.807, 2.05) is 36.4 Å². The minimum Gasteiger partial charge on any atom is -0.441 e. The standard InChI is InChI=1S/C27H33N5O5S/c1-27(2,3)37-26(34)36-22-15-28-14-21(22)35-25(33)29-24-31-30-23(38-24)18-32(16-19-10-6-4-7-11-19)17-20-12-8-5-9-13-20/h4-13,21-22,28H,14-18H2,1-3H3,(H,29,31,33)/t21-,22-/m0/s1. The molecule has 0 radical (unpaired) electrons. The van der Waals surface area contributed by atoms with Gasteiger partial charge in [-0.15, -0.1) is 10.2 Å². The van der Waals surface area contributed by atoms with Crippen LogP contribution in [-0.2, 0) is 33.8 Å². The maximum atomic E-state index is 12.5. The van der Waals surface area contributed by atoms with E-state index in [0.717, 1.165) is 18.1 Å². The number of anilines is 1. The number of benzene rings is 2. The Bertz CT molecular complexity index is 1140. The molecular weight excluding hydrogens is 506 g/mol. The summed E-state index contributed by atoms with van der Waals surface area (Å²) >= 11 is 1.29. The van der Waals surface area contributed by atoms with Crippen LogP contribution in [0.1, 0.15) is 36.9 Å². The van der Waals surface area contributed by atoms with Gasteiger partial charge in [0.15, 0.2) is 12.2 Å². The first kappa shape index (κ1) is 27.5. The van der Waals surface area contributed by atoms with Gasteiger partial charge < -0.3 is 19.5 Å². The second kappa shape index (κ2) is 12.8. The third-order valence-corrected chi connectivity index (χ3v) is 6.36. The van der Waals surface area contributed by atoms with Gasteiger partial charge in [-0.3, -0.25) is 10.2 Å². The summed E-state index contributed by atoms with van der Waals surface area (Å²) in [6, 6.07) is 20.5. The van der Waals surface area contributed by atoms with E-state index < -0.39 is 30.1 Å². The molecule has 0 saturated carbocycles. The monoisotopic (exact) mass is 539 g/mol. The Morgan fingerprint density at radius 3 is 2.08 bits per heavy atom. The number of amides is 1. The van der Waals surface area contributed by atoms with E-state index in [4.69, 9.17) is 14.2 Å². The van der Waals surface area contributed by atoms with Crippen LogP contribution >= 0.6 is 11.3 Å². The van der Waals surface area contributed by atoms with E-state index in [0.29, 0.717) is 24.8 Å². The number of hydrogen-bond donors (Lipinski definition) is 2. The number of carbonyl (C=O) groups excluding carboxylic acids is 2. The largest absolute Gasteiger partial charge is 0.509 e. The van der Waals surface area contributed by atoms with Crippen molar-refractivity contribution < 1.29 is 23.8 Å². The van der Waals surface area contributed by atoms with Gasteiger partial charge in [0, 0.05) is 26.2 Å². The molecule has 0 aliphatic carbocycles. The molecule has 1 aliphatic rings. The van der Waals surface area contributed by atoms with E-state index in [1.54, 1.807) is 20.8 Å². The summed E-state index contributed by atoms with van der Waals surface area (Å²) in [6.07, 6.45) is -2.79. The third kappa shape index (κ3) is 8.79. The van der Waals surface area contributed by atoms with Crippen LogP contribution in [0, 0.1) is 0 Å². The number of ether oxygens (including phenoxy) is 3. The fourth-order valence-electron chi connectivity index (χ4n) is 3.93. The van der Waals surface area contributed by atoms with Crippen molar-refractivity contribution in [1.82, 2.24) is 20.4 Å². The normalized spacial score (nSPS) is 17.3. The van der Waals surface area contributed by atoms with Crippen LogP contribution in [0.3, 0.4) is 0 Å². The molecule has 2 N–H and O–H groups in total. The van der Waals surface area contributed by atoms with Crippen molar-refractivity contribution in [3.05, 3.63) is 76.8 Å². The Hall–Kier alpha value is -3.54. The topological polar surface area (TPSA) is 115 Å². The van der Waals surface area contributed by atoms with Gasteiger partial charge in [0.2, 0.25) is 5.13 Å². The fraction of sp³-hybridized carbons (Fsp3) is 0.407. The molecule has 2 aromatic carbocycles. The Kier molecular flexibility index (Phi) is 9.27. The van der Waals surface area contributed by atoms with Crippen molar-refractivity contribution in [3.8, 4) is 0 Å². The molecule has 0 spiro atoms. The highest BCUT2D eigenvalue weighted by Gasteiger charge is 2.35. The average Bonchev–Trinajstić information content (AvgIpc) is 3.48. The predicted molar refractivity (Wildman–Crippen MR) is 144 cm³/mol. The zero-order valence-corrected chi connectivity index (χ0v) is 22.6. The molecule has 2 heterocycles. The highest BCUT2D eigenvalue weighted by Crippen LogP contribution is 2.21. The van der Waals surface area contributed by atoms with Crippen LogP contribution < -0.4 is 10.6 Å². The molecule has 1 aromatic heterocycles. The van der Waals surface area contributed by atoms with Crippen LogP contribution in [0.15, 0.2) is 60.7 Å². The van der Waals surface area contributed by atoms with Crippen LogP contribution in [0.5, 0.6) is 0 Å². The first-order valence-electron chi connectivity index (χ1n) is 12.4. The van der Waals surface area contributed by atoms with Crippen molar-refractivity contribution in [2.45, 2.75) is 58.2 Å². The molecule has 1 aliphatic heterocycles. The van der Waals surface area contributed by atoms with Gasteiger partial charge in [-0.1, -0.05) is 72.0 Å². The number of rotatable bonds is 9. The van der Waals surface area contributed by atoms with Gasteiger partial charge in [-0.05, 0) is 31.9 Å². The van der Waals surface area contributed by atoms with Gasteiger partial charge in [-0.2, -0.15) is 0 Å². The molecule has 11 heteroatoms. The number of hydrogen-bond acceptors (Lipinski definition) is 10. The molecule has 0 bridgehead atoms. The van der Waals surface area contributed by atoms with E-state index in [-0.39, 0.29) is 0 Å². The Morgan fingerprint density at radius 2 is 1.50 bits per heavy atom. The lowest BCUT2D eigenvalue weighted by atomic mass is 10.1. The smallest absolute Gasteiger partial charge is 0.441 e. The second-order valence-electron chi connectivity index (χ2n) is 9.97. The summed E-state index contributed by atoms with van der Waals surface area (Å²) in [5.41, 5.74) is 1.72. The summed E-state index contributed by atoms with van der Waals surface area (Å²) in [6.45, 7) is 8.03. The summed E-state index contributed by atoms with van der Waals surface area (Å²) in [4.78, 5) is 26.8. The van der Waals surface area contributed by atoms with E-state index in [1.165, 1.54) is 22.5 Å². The van der Waals surface area contributed by atoms with Crippen LogP contribution in [-0.4, -0.2) is 58.2 Å². The van der Waals surface area contributed by atoms with Gasteiger partial charge in [-0.25, -0.2) is 9.59 Å². The molecular formula is C27H33N5O5S. The van der Waals surface area contributed by atoms with Crippen molar-refractivity contribution in [1.29, 1.82) is 0 Å². The molecule has 0 unspecified atom stereocenters. The first-order valence-corrected chi connectivity index (χ1v) is 13.3. The highest BCUT2D eigenvalue weighted by atomic mass is 32.1. The number of carbonyl (C=O) groups is 2. The van der Waals surface area contributed by atoms with Crippen LogP contribution in [0.25, 0.3) is 0 Å². The second-order valence-corrected chi connectivity index (χ2v) is 11.0. The minimum absolute atomic E-state index is 0.333. The SMILES string of the molecule is CC(C)(C)OC(=O)O[C@H]1CNC[C@@H]1OC(=O)Nc1nnc(CN(Cc2ccccc2)Cc2ccccc2)s1. The van der Waals surface area contributed by atoms with Gasteiger partial charge >= 0.3 is 12.2 Å². The summed E-state index contributed by atoms with van der Waals surface area (Å²) in [5.74, 6) is 0. The Balaban J connectivity index is 1.32. The minimum atomic E-state index is -0.801. The average molecular weight is 540 g/mol. The van der Waals surface area contributed by atoms with E-state index in [2.05, 4.69) is 50.0 Å². The van der Waals surface area contributed by atoms with Crippen molar-refractivity contribution in [2.75, 3.05) is 18.4 Å². The number of nitrogens with one attached hydrogen (secondary N) is 2. The molecule has 38 heavy (non-hydrogen) atoms. The maximum absolute atomic E-state index is 12.5. The quantitative estimate of drug-likeness (QED) is 0.377. The highest BCUT2D eigenvalue weighted by molar-refractivity contribution is 7.15. The van der Waals surface area contributed by atoms with Crippen LogP contribution in [0.4, 0.5) is 14.7 Å².